The lowest BCUT2D eigenvalue weighted by Gasteiger charge is -2.09. The van der Waals surface area contributed by atoms with Crippen molar-refractivity contribution in [2.24, 2.45) is 0 Å². The quantitative estimate of drug-likeness (QED) is 0.362. The molecule has 0 atom stereocenters. The average Bonchev–Trinajstić information content (AvgIpc) is 2.38. The van der Waals surface area contributed by atoms with Crippen molar-refractivity contribution in [2.45, 2.75) is 13.2 Å². The molecule has 0 unspecified atom stereocenters. The largest absolute Gasteiger partial charge is 0.476 e. The van der Waals surface area contributed by atoms with E-state index in [0.29, 0.717) is 6.61 Å². The summed E-state index contributed by atoms with van der Waals surface area (Å²) in [7, 11) is 0. The van der Waals surface area contributed by atoms with Crippen molar-refractivity contribution in [3.63, 3.8) is 0 Å². The summed E-state index contributed by atoms with van der Waals surface area (Å²) in [5.41, 5.74) is 1.77. The summed E-state index contributed by atoms with van der Waals surface area (Å²) >= 11 is 0. The Morgan fingerprint density at radius 1 is 1.39 bits per heavy atom. The van der Waals surface area contributed by atoms with Crippen LogP contribution in [0.4, 0.5) is 0 Å². The van der Waals surface area contributed by atoms with Crippen molar-refractivity contribution in [1.82, 2.24) is 0 Å². The van der Waals surface area contributed by atoms with Gasteiger partial charge in [-0.1, -0.05) is 30.2 Å². The van der Waals surface area contributed by atoms with Crippen LogP contribution in [0.15, 0.2) is 36.4 Å². The van der Waals surface area contributed by atoms with Crippen LogP contribution in [0.1, 0.15) is 11.1 Å². The molecule has 0 aliphatic carbocycles. The second kappa shape index (κ2) is 7.72. The Hall–Kier alpha value is -2.50. The van der Waals surface area contributed by atoms with Gasteiger partial charge in [-0.05, 0) is 11.1 Å². The number of aliphatic hydroxyl groups is 1. The van der Waals surface area contributed by atoms with Crippen molar-refractivity contribution in [3.05, 3.63) is 52.5 Å². The van der Waals surface area contributed by atoms with E-state index in [1.165, 1.54) is 0 Å². The Morgan fingerprint density at radius 3 is 2.67 bits per heavy atom. The Bertz CT molecular complexity index is 498. The van der Waals surface area contributed by atoms with Gasteiger partial charge in [0.05, 0.1) is 6.61 Å². The average molecular weight is 245 g/mol. The summed E-state index contributed by atoms with van der Waals surface area (Å²) in [5, 5.41) is 17.3. The fourth-order valence-corrected chi connectivity index (χ4v) is 1.30. The van der Waals surface area contributed by atoms with Gasteiger partial charge < -0.3 is 14.6 Å². The van der Waals surface area contributed by atoms with E-state index in [9.17, 15) is 0 Å². The van der Waals surface area contributed by atoms with Crippen molar-refractivity contribution in [3.8, 4) is 12.3 Å². The van der Waals surface area contributed by atoms with Crippen LogP contribution in [0.3, 0.4) is 0 Å². The second-order valence-electron chi connectivity index (χ2n) is 3.34. The third-order valence-corrected chi connectivity index (χ3v) is 2.11. The number of ether oxygens (including phenoxy) is 2. The minimum Gasteiger partial charge on any atom is -0.476 e. The van der Waals surface area contributed by atoms with Crippen molar-refractivity contribution >= 4 is 0 Å². The zero-order valence-corrected chi connectivity index (χ0v) is 9.74. The van der Waals surface area contributed by atoms with E-state index in [2.05, 4.69) is 10.9 Å². The number of hydrogen-bond donors (Lipinski definition) is 1. The lowest BCUT2D eigenvalue weighted by molar-refractivity contribution is 0.0807. The standard InChI is InChI=1S/C13H12N2O3/c1-2-7-17-9-11-5-3-4-6-12(11)10-18-13(16)8-15-14/h1,3-6,8H,7,9-10H2/p+1/b13-8+. The number of diazo groups is 1. The van der Waals surface area contributed by atoms with Crippen LogP contribution in [-0.4, -0.2) is 11.7 Å². The monoisotopic (exact) mass is 245 g/mol. The molecule has 0 amide bonds. The molecule has 1 aromatic carbocycles. The maximum absolute atomic E-state index is 9.14. The Labute approximate surface area is 105 Å². The molecule has 0 heterocycles. The van der Waals surface area contributed by atoms with E-state index in [-0.39, 0.29) is 13.2 Å². The third kappa shape index (κ3) is 4.56. The molecule has 0 aliphatic rings. The molecule has 0 saturated heterocycles. The second-order valence-corrected chi connectivity index (χ2v) is 3.34. The Kier molecular flexibility index (Phi) is 5.82. The molecule has 92 valence electrons. The first kappa shape index (κ1) is 13.6. The van der Waals surface area contributed by atoms with E-state index >= 15 is 0 Å². The maximum atomic E-state index is 9.14. The van der Waals surface area contributed by atoms with Gasteiger partial charge in [-0.2, -0.15) is 0 Å². The number of aliphatic hydroxyl groups excluding tert-OH is 1. The number of rotatable bonds is 6. The third-order valence-electron chi connectivity index (χ3n) is 2.11. The molecule has 0 aromatic heterocycles. The number of nitrogens with zero attached hydrogens (tertiary/aromatic N) is 2. The smallest absolute Gasteiger partial charge is 0.429 e. The van der Waals surface area contributed by atoms with E-state index in [1.54, 1.807) is 0 Å². The van der Waals surface area contributed by atoms with E-state index < -0.39 is 5.95 Å². The zero-order valence-electron chi connectivity index (χ0n) is 9.74. The molecular formula is C13H13N2O3+. The van der Waals surface area contributed by atoms with Crippen LogP contribution in [0.5, 0.6) is 0 Å². The molecule has 0 fully saturated rings. The molecule has 0 saturated carbocycles. The number of terminal acetylenes is 1. The highest BCUT2D eigenvalue weighted by Gasteiger charge is 2.05. The highest BCUT2D eigenvalue weighted by atomic mass is 16.6. The highest BCUT2D eigenvalue weighted by molar-refractivity contribution is 5.26. The summed E-state index contributed by atoms with van der Waals surface area (Å²) in [4.78, 5) is 2.65. The summed E-state index contributed by atoms with van der Waals surface area (Å²) in [6.07, 6.45) is 5.89. The van der Waals surface area contributed by atoms with Gasteiger partial charge in [-0.25, -0.2) is 0 Å². The van der Waals surface area contributed by atoms with Crippen LogP contribution < -0.4 is 0 Å². The molecule has 1 rings (SSSR count). The van der Waals surface area contributed by atoms with E-state index in [4.69, 9.17) is 26.4 Å². The lowest BCUT2D eigenvalue weighted by atomic mass is 10.1. The zero-order chi connectivity index (χ0) is 13.2. The van der Waals surface area contributed by atoms with E-state index in [0.717, 1.165) is 17.3 Å². The topological polar surface area (TPSA) is 66.8 Å². The molecule has 1 N–H and O–H groups in total. The van der Waals surface area contributed by atoms with Gasteiger partial charge in [0.2, 0.25) is 5.39 Å². The first-order valence-electron chi connectivity index (χ1n) is 5.22. The lowest BCUT2D eigenvalue weighted by Crippen LogP contribution is -2.00. The van der Waals surface area contributed by atoms with E-state index in [1.807, 2.05) is 24.3 Å². The SMILES string of the molecule is C#CCOCc1ccccc1CO/C(O)=C/[N+]#N. The molecule has 5 heteroatoms. The number of benzene rings is 1. The van der Waals surface area contributed by atoms with Crippen LogP contribution in [0.2, 0.25) is 0 Å². The molecular weight excluding hydrogens is 232 g/mol. The van der Waals surface area contributed by atoms with Crippen LogP contribution >= 0.6 is 0 Å². The minimum atomic E-state index is -0.461. The predicted octanol–water partition coefficient (Wildman–Crippen LogP) is 2.56. The predicted molar refractivity (Wildman–Crippen MR) is 65.5 cm³/mol. The van der Waals surface area contributed by atoms with Crippen molar-refractivity contribution < 1.29 is 14.6 Å². The van der Waals surface area contributed by atoms with Gasteiger partial charge in [0, 0.05) is 0 Å². The fraction of sp³-hybridized carbons (Fsp3) is 0.231. The minimum absolute atomic E-state index is 0.146. The van der Waals surface area contributed by atoms with Gasteiger partial charge in [0.25, 0.3) is 0 Å². The van der Waals surface area contributed by atoms with Crippen LogP contribution in [-0.2, 0) is 22.7 Å². The van der Waals surface area contributed by atoms with Gasteiger partial charge in [0.1, 0.15) is 13.2 Å². The van der Waals surface area contributed by atoms with Gasteiger partial charge in [-0.3, -0.25) is 0 Å². The Morgan fingerprint density at radius 2 is 2.06 bits per heavy atom. The van der Waals surface area contributed by atoms with Crippen LogP contribution in [0.25, 0.3) is 4.98 Å². The summed E-state index contributed by atoms with van der Waals surface area (Å²) in [5.74, 6) is 1.92. The van der Waals surface area contributed by atoms with Gasteiger partial charge >= 0.3 is 12.1 Å². The molecule has 5 nitrogen and oxygen atoms in total. The maximum Gasteiger partial charge on any atom is 0.429 e. The summed E-state index contributed by atoms with van der Waals surface area (Å²) in [6, 6.07) is 7.45. The molecule has 0 aliphatic heterocycles. The van der Waals surface area contributed by atoms with Crippen molar-refractivity contribution in [2.75, 3.05) is 6.61 Å². The summed E-state index contributed by atoms with van der Waals surface area (Å²) in [6.45, 7) is 0.760. The first-order valence-corrected chi connectivity index (χ1v) is 5.22. The highest BCUT2D eigenvalue weighted by Crippen LogP contribution is 2.12. The van der Waals surface area contributed by atoms with Crippen molar-refractivity contribution in [1.29, 1.82) is 5.39 Å². The van der Waals surface area contributed by atoms with Crippen LogP contribution in [0, 0.1) is 17.7 Å². The first-order chi connectivity index (χ1) is 8.77. The Balaban J connectivity index is 2.62. The molecule has 0 bridgehead atoms. The fourth-order valence-electron chi connectivity index (χ4n) is 1.30. The summed E-state index contributed by atoms with van der Waals surface area (Å²) < 4.78 is 10.2. The molecule has 0 spiro atoms. The normalized spacial score (nSPS) is 10.4. The number of hydrogen-bond acceptors (Lipinski definition) is 4. The molecule has 18 heavy (non-hydrogen) atoms. The van der Waals surface area contributed by atoms with Gasteiger partial charge in [0.15, 0.2) is 4.98 Å². The molecule has 1 aromatic rings. The van der Waals surface area contributed by atoms with Gasteiger partial charge in [-0.15, -0.1) is 6.42 Å². The molecule has 0 radical (unpaired) electrons.